The summed E-state index contributed by atoms with van der Waals surface area (Å²) in [6, 6.07) is 12.4. The lowest BCUT2D eigenvalue weighted by Gasteiger charge is -2.07. The minimum absolute atomic E-state index is 0.329. The van der Waals surface area contributed by atoms with E-state index in [0.717, 1.165) is 36.8 Å². The second-order valence-corrected chi connectivity index (χ2v) is 8.67. The number of sulfonamides is 1. The van der Waals surface area contributed by atoms with Crippen molar-refractivity contribution >= 4 is 27.3 Å². The minimum atomic E-state index is -3.36. The summed E-state index contributed by atoms with van der Waals surface area (Å²) >= 11 is 0. The zero-order chi connectivity index (χ0) is 20.6. The monoisotopic (exact) mass is 414 g/mol. The quantitative estimate of drug-likeness (QED) is 0.671. The van der Waals surface area contributed by atoms with Gasteiger partial charge in [-0.3, -0.25) is 9.52 Å². The Balaban J connectivity index is 1.58. The molecule has 0 fully saturated rings. The first-order valence-electron chi connectivity index (χ1n) is 9.06. The molecule has 0 radical (unpaired) electrons. The maximum Gasteiger partial charge on any atom is 0.276 e. The summed E-state index contributed by atoms with van der Waals surface area (Å²) in [6.07, 6.45) is 3.57. The van der Waals surface area contributed by atoms with Gasteiger partial charge in [0, 0.05) is 22.6 Å². The summed E-state index contributed by atoms with van der Waals surface area (Å²) < 4.78 is 39.9. The van der Waals surface area contributed by atoms with Gasteiger partial charge in [-0.15, -0.1) is 0 Å². The van der Waals surface area contributed by atoms with E-state index < -0.39 is 10.0 Å². The average Bonchev–Trinajstić information content (AvgIpc) is 3.25. The molecule has 0 bridgehead atoms. The molecule has 0 saturated heterocycles. The molecular weight excluding hydrogens is 395 g/mol. The standard InChI is InChI=1S/C20H19FN4O3S/c1-29(27,28)24-15-9-7-14(8-10-15)22-20(26)19-17-3-2-4-18(17)25(23-19)16-11-5-13(21)6-12-16/h5-12,24H,2-4H2,1H3,(H,22,26). The van der Waals surface area contributed by atoms with E-state index in [0.29, 0.717) is 22.8 Å². The Morgan fingerprint density at radius 2 is 1.69 bits per heavy atom. The molecule has 0 atom stereocenters. The van der Waals surface area contributed by atoms with Gasteiger partial charge in [-0.25, -0.2) is 17.5 Å². The number of carbonyl (C=O) groups excluding carboxylic acids is 1. The second kappa shape index (κ2) is 7.32. The van der Waals surface area contributed by atoms with Gasteiger partial charge in [0.15, 0.2) is 5.69 Å². The molecule has 7 nitrogen and oxygen atoms in total. The average molecular weight is 414 g/mol. The van der Waals surface area contributed by atoms with Gasteiger partial charge in [-0.1, -0.05) is 0 Å². The van der Waals surface area contributed by atoms with Crippen molar-refractivity contribution in [3.63, 3.8) is 0 Å². The van der Waals surface area contributed by atoms with Crippen LogP contribution in [-0.2, 0) is 22.9 Å². The highest BCUT2D eigenvalue weighted by Gasteiger charge is 2.27. The van der Waals surface area contributed by atoms with Crippen molar-refractivity contribution in [2.75, 3.05) is 16.3 Å². The second-order valence-electron chi connectivity index (χ2n) is 6.92. The molecule has 0 aliphatic heterocycles. The predicted molar refractivity (Wildman–Crippen MR) is 108 cm³/mol. The molecule has 29 heavy (non-hydrogen) atoms. The van der Waals surface area contributed by atoms with Crippen LogP contribution >= 0.6 is 0 Å². The predicted octanol–water partition coefficient (Wildman–Crippen LogP) is 3.12. The Kier molecular flexibility index (Phi) is 4.83. The summed E-state index contributed by atoms with van der Waals surface area (Å²) in [5.74, 6) is -0.669. The molecule has 4 rings (SSSR count). The van der Waals surface area contributed by atoms with E-state index in [1.165, 1.54) is 12.1 Å². The summed E-state index contributed by atoms with van der Waals surface area (Å²) in [5.41, 5.74) is 3.86. The number of anilines is 2. The van der Waals surface area contributed by atoms with Crippen LogP contribution in [0, 0.1) is 5.82 Å². The van der Waals surface area contributed by atoms with Crippen LogP contribution in [-0.4, -0.2) is 30.4 Å². The van der Waals surface area contributed by atoms with Crippen LogP contribution in [0.5, 0.6) is 0 Å². The van der Waals surface area contributed by atoms with Crippen molar-refractivity contribution in [1.29, 1.82) is 0 Å². The van der Waals surface area contributed by atoms with Crippen molar-refractivity contribution in [2.45, 2.75) is 19.3 Å². The van der Waals surface area contributed by atoms with Crippen LogP contribution < -0.4 is 10.0 Å². The Bertz CT molecular complexity index is 1170. The van der Waals surface area contributed by atoms with Crippen LogP contribution in [0.2, 0.25) is 0 Å². The van der Waals surface area contributed by atoms with E-state index in [1.807, 2.05) is 0 Å². The Hall–Kier alpha value is -3.20. The third-order valence-corrected chi connectivity index (χ3v) is 5.27. The lowest BCUT2D eigenvalue weighted by atomic mass is 10.2. The smallest absolute Gasteiger partial charge is 0.276 e. The lowest BCUT2D eigenvalue weighted by molar-refractivity contribution is 0.102. The van der Waals surface area contributed by atoms with Crippen molar-refractivity contribution < 1.29 is 17.6 Å². The van der Waals surface area contributed by atoms with Gasteiger partial charge in [0.25, 0.3) is 5.91 Å². The molecule has 1 amide bonds. The molecule has 1 aliphatic carbocycles. The van der Waals surface area contributed by atoms with Crippen molar-refractivity contribution in [3.05, 3.63) is 71.3 Å². The SMILES string of the molecule is CS(=O)(=O)Nc1ccc(NC(=O)c2nn(-c3ccc(F)cc3)c3c2CCC3)cc1. The van der Waals surface area contributed by atoms with Crippen LogP contribution in [0.3, 0.4) is 0 Å². The van der Waals surface area contributed by atoms with Crippen LogP contribution in [0.15, 0.2) is 48.5 Å². The van der Waals surface area contributed by atoms with Gasteiger partial charge in [0.05, 0.1) is 11.9 Å². The summed E-state index contributed by atoms with van der Waals surface area (Å²) in [6.45, 7) is 0. The fourth-order valence-corrected chi connectivity index (χ4v) is 4.01. The number of rotatable bonds is 5. The number of aromatic nitrogens is 2. The molecule has 2 aromatic carbocycles. The number of halogens is 1. The van der Waals surface area contributed by atoms with Gasteiger partial charge in [0.2, 0.25) is 10.0 Å². The topological polar surface area (TPSA) is 93.1 Å². The van der Waals surface area contributed by atoms with Crippen molar-refractivity contribution in [2.24, 2.45) is 0 Å². The number of carbonyl (C=O) groups is 1. The van der Waals surface area contributed by atoms with E-state index in [4.69, 9.17) is 0 Å². The van der Waals surface area contributed by atoms with Crippen LogP contribution in [0.25, 0.3) is 5.69 Å². The molecule has 0 unspecified atom stereocenters. The highest BCUT2D eigenvalue weighted by molar-refractivity contribution is 7.92. The third-order valence-electron chi connectivity index (χ3n) is 4.66. The molecule has 0 saturated carbocycles. The number of nitrogens with zero attached hydrogens (tertiary/aromatic N) is 2. The first kappa shape index (κ1) is 19.1. The van der Waals surface area contributed by atoms with Gasteiger partial charge >= 0.3 is 0 Å². The number of hydrogen-bond acceptors (Lipinski definition) is 4. The van der Waals surface area contributed by atoms with Crippen molar-refractivity contribution in [1.82, 2.24) is 9.78 Å². The molecule has 0 spiro atoms. The number of hydrogen-bond donors (Lipinski definition) is 2. The minimum Gasteiger partial charge on any atom is -0.321 e. The fourth-order valence-electron chi connectivity index (χ4n) is 3.44. The van der Waals surface area contributed by atoms with E-state index in [1.54, 1.807) is 41.1 Å². The normalized spacial score (nSPS) is 13.2. The maximum absolute atomic E-state index is 13.2. The third kappa shape index (κ3) is 4.14. The highest BCUT2D eigenvalue weighted by atomic mass is 32.2. The zero-order valence-electron chi connectivity index (χ0n) is 15.6. The Morgan fingerprint density at radius 1 is 1.03 bits per heavy atom. The Labute approximate surface area is 167 Å². The summed E-state index contributed by atoms with van der Waals surface area (Å²) in [5, 5.41) is 7.28. The van der Waals surface area contributed by atoms with Crippen molar-refractivity contribution in [3.8, 4) is 5.69 Å². The highest BCUT2D eigenvalue weighted by Crippen LogP contribution is 2.28. The first-order valence-corrected chi connectivity index (χ1v) is 11.0. The fraction of sp³-hybridized carbons (Fsp3) is 0.200. The molecule has 1 heterocycles. The molecule has 2 N–H and O–H groups in total. The Morgan fingerprint density at radius 3 is 2.34 bits per heavy atom. The van der Waals surface area contributed by atoms with E-state index in [9.17, 15) is 17.6 Å². The molecule has 9 heteroatoms. The molecule has 1 aromatic heterocycles. The summed E-state index contributed by atoms with van der Waals surface area (Å²) in [4.78, 5) is 12.8. The van der Waals surface area contributed by atoms with Crippen LogP contribution in [0.1, 0.15) is 28.2 Å². The van der Waals surface area contributed by atoms with Gasteiger partial charge in [-0.2, -0.15) is 5.10 Å². The van der Waals surface area contributed by atoms with Gasteiger partial charge in [0.1, 0.15) is 5.82 Å². The lowest BCUT2D eigenvalue weighted by Crippen LogP contribution is -2.15. The zero-order valence-corrected chi connectivity index (χ0v) is 16.5. The number of fused-ring (bicyclic) bond motifs is 1. The van der Waals surface area contributed by atoms with Crippen LogP contribution in [0.4, 0.5) is 15.8 Å². The number of amides is 1. The first-order chi connectivity index (χ1) is 13.8. The molecular formula is C20H19FN4O3S. The maximum atomic E-state index is 13.2. The van der Waals surface area contributed by atoms with Gasteiger partial charge < -0.3 is 5.32 Å². The largest absolute Gasteiger partial charge is 0.321 e. The molecule has 150 valence electrons. The summed E-state index contributed by atoms with van der Waals surface area (Å²) in [7, 11) is -3.36. The number of nitrogens with one attached hydrogen (secondary N) is 2. The number of benzene rings is 2. The molecule has 3 aromatic rings. The van der Waals surface area contributed by atoms with E-state index in [2.05, 4.69) is 15.1 Å². The van der Waals surface area contributed by atoms with E-state index >= 15 is 0 Å². The van der Waals surface area contributed by atoms with Gasteiger partial charge in [-0.05, 0) is 67.8 Å². The van der Waals surface area contributed by atoms with E-state index in [-0.39, 0.29) is 11.7 Å². The molecule has 1 aliphatic rings.